The molecule has 7 heteroatoms. The Hall–Kier alpha value is -1.66. The van der Waals surface area contributed by atoms with Crippen molar-refractivity contribution in [3.8, 4) is 11.4 Å². The average Bonchev–Trinajstić information content (AvgIpc) is 2.85. The molecule has 2 N–H and O–H groups in total. The van der Waals surface area contributed by atoms with Crippen molar-refractivity contribution >= 4 is 17.3 Å². The molecule has 0 radical (unpaired) electrons. The highest BCUT2D eigenvalue weighted by atomic mass is 35.5. The highest BCUT2D eigenvalue weighted by Crippen LogP contribution is 2.23. The first-order chi connectivity index (χ1) is 10.1. The molecule has 0 bridgehead atoms. The first-order valence-electron chi connectivity index (χ1n) is 6.96. The van der Waals surface area contributed by atoms with Crippen molar-refractivity contribution < 1.29 is 4.74 Å². The Balaban J connectivity index is 1.98. The minimum absolute atomic E-state index is 0.563. The standard InChI is InChI=1S/C14H20ClN5O/c1-10(2)3-5-21-6-4-20-14(17-18-19-20)11-7-12(15)9-13(16)8-11/h7-10H,3-6,16H2,1-2H3. The molecule has 0 atom stereocenters. The van der Waals surface area contributed by atoms with Gasteiger partial charge in [-0.05, 0) is 41.0 Å². The van der Waals surface area contributed by atoms with Gasteiger partial charge in [0.1, 0.15) is 0 Å². The number of halogens is 1. The minimum Gasteiger partial charge on any atom is -0.399 e. The van der Waals surface area contributed by atoms with Gasteiger partial charge in [-0.1, -0.05) is 25.4 Å². The minimum atomic E-state index is 0.563. The lowest BCUT2D eigenvalue weighted by Crippen LogP contribution is -2.10. The summed E-state index contributed by atoms with van der Waals surface area (Å²) in [5.41, 5.74) is 7.18. The lowest BCUT2D eigenvalue weighted by atomic mass is 10.1. The van der Waals surface area contributed by atoms with Gasteiger partial charge in [0.25, 0.3) is 0 Å². The summed E-state index contributed by atoms with van der Waals surface area (Å²) in [5.74, 6) is 1.28. The molecule has 0 fully saturated rings. The van der Waals surface area contributed by atoms with E-state index in [-0.39, 0.29) is 0 Å². The van der Waals surface area contributed by atoms with E-state index in [4.69, 9.17) is 22.1 Å². The number of hydrogen-bond acceptors (Lipinski definition) is 5. The summed E-state index contributed by atoms with van der Waals surface area (Å²) in [7, 11) is 0. The van der Waals surface area contributed by atoms with Crippen LogP contribution < -0.4 is 5.73 Å². The summed E-state index contributed by atoms with van der Waals surface area (Å²) in [5, 5.41) is 12.3. The van der Waals surface area contributed by atoms with Crippen LogP contribution in [0.3, 0.4) is 0 Å². The van der Waals surface area contributed by atoms with E-state index in [2.05, 4.69) is 29.4 Å². The van der Waals surface area contributed by atoms with Crippen LogP contribution in [0.25, 0.3) is 11.4 Å². The lowest BCUT2D eigenvalue weighted by molar-refractivity contribution is 0.114. The lowest BCUT2D eigenvalue weighted by Gasteiger charge is -2.08. The maximum Gasteiger partial charge on any atom is 0.182 e. The van der Waals surface area contributed by atoms with Crippen LogP contribution in [-0.2, 0) is 11.3 Å². The molecule has 0 unspecified atom stereocenters. The predicted molar refractivity (Wildman–Crippen MR) is 82.9 cm³/mol. The zero-order chi connectivity index (χ0) is 15.2. The van der Waals surface area contributed by atoms with Gasteiger partial charge in [-0.15, -0.1) is 5.10 Å². The topological polar surface area (TPSA) is 78.8 Å². The quantitative estimate of drug-likeness (QED) is 0.628. The van der Waals surface area contributed by atoms with E-state index in [0.717, 1.165) is 18.6 Å². The molecule has 0 saturated carbocycles. The molecule has 1 heterocycles. The monoisotopic (exact) mass is 309 g/mol. The molecule has 0 spiro atoms. The maximum absolute atomic E-state index is 6.01. The Morgan fingerprint density at radius 1 is 1.29 bits per heavy atom. The molecule has 0 aliphatic carbocycles. The fourth-order valence-corrected chi connectivity index (χ4v) is 2.12. The number of rotatable bonds is 7. The maximum atomic E-state index is 6.01. The van der Waals surface area contributed by atoms with Gasteiger partial charge >= 0.3 is 0 Å². The van der Waals surface area contributed by atoms with Crippen molar-refractivity contribution in [3.05, 3.63) is 23.2 Å². The fourth-order valence-electron chi connectivity index (χ4n) is 1.88. The molecule has 0 aliphatic rings. The third-order valence-electron chi connectivity index (χ3n) is 3.00. The first-order valence-corrected chi connectivity index (χ1v) is 7.34. The van der Waals surface area contributed by atoms with Crippen LogP contribution in [-0.4, -0.2) is 33.4 Å². The third-order valence-corrected chi connectivity index (χ3v) is 3.22. The molecule has 6 nitrogen and oxygen atoms in total. The SMILES string of the molecule is CC(C)CCOCCn1nnnc1-c1cc(N)cc(Cl)c1. The number of hydrogen-bond donors (Lipinski definition) is 1. The Kier molecular flexibility index (Phi) is 5.52. The number of tetrazole rings is 1. The zero-order valence-corrected chi connectivity index (χ0v) is 13.0. The number of nitrogens with zero attached hydrogens (tertiary/aromatic N) is 4. The van der Waals surface area contributed by atoms with Gasteiger partial charge < -0.3 is 10.5 Å². The van der Waals surface area contributed by atoms with E-state index in [1.165, 1.54) is 0 Å². The first kappa shape index (κ1) is 15.7. The normalized spacial score (nSPS) is 11.2. The van der Waals surface area contributed by atoms with Gasteiger partial charge in [0.15, 0.2) is 5.82 Å². The molecule has 2 aromatic rings. The summed E-state index contributed by atoms with van der Waals surface area (Å²) in [6, 6.07) is 5.28. The zero-order valence-electron chi connectivity index (χ0n) is 12.3. The van der Waals surface area contributed by atoms with Crippen molar-refractivity contribution in [1.82, 2.24) is 20.2 Å². The molecule has 0 aliphatic heterocycles. The molecule has 114 valence electrons. The number of nitrogens with two attached hydrogens (primary N) is 1. The van der Waals surface area contributed by atoms with E-state index >= 15 is 0 Å². The largest absolute Gasteiger partial charge is 0.399 e. The number of aromatic nitrogens is 4. The van der Waals surface area contributed by atoms with E-state index in [1.54, 1.807) is 22.9 Å². The molecular weight excluding hydrogens is 290 g/mol. The highest BCUT2D eigenvalue weighted by molar-refractivity contribution is 6.31. The van der Waals surface area contributed by atoms with Crippen molar-refractivity contribution in [3.63, 3.8) is 0 Å². The van der Waals surface area contributed by atoms with Crippen LogP contribution in [0.1, 0.15) is 20.3 Å². The van der Waals surface area contributed by atoms with E-state index in [1.807, 2.05) is 0 Å². The Labute approximate surface area is 129 Å². The smallest absolute Gasteiger partial charge is 0.182 e. The van der Waals surface area contributed by atoms with Crippen molar-refractivity contribution in [1.29, 1.82) is 0 Å². The molecule has 1 aromatic carbocycles. The Bertz CT molecular complexity index is 564. The molecule has 0 saturated heterocycles. The third kappa shape index (κ3) is 4.68. The molecule has 1 aromatic heterocycles. The number of nitrogen functional groups attached to an aromatic ring is 1. The van der Waals surface area contributed by atoms with Gasteiger partial charge in [-0.3, -0.25) is 0 Å². The summed E-state index contributed by atoms with van der Waals surface area (Å²) >= 11 is 6.01. The second-order valence-electron chi connectivity index (χ2n) is 5.29. The van der Waals surface area contributed by atoms with Crippen LogP contribution in [0.4, 0.5) is 5.69 Å². The van der Waals surface area contributed by atoms with Gasteiger partial charge in [-0.25, -0.2) is 4.68 Å². The Morgan fingerprint density at radius 2 is 2.10 bits per heavy atom. The van der Waals surface area contributed by atoms with Crippen LogP contribution in [0.2, 0.25) is 5.02 Å². The van der Waals surface area contributed by atoms with E-state index in [9.17, 15) is 0 Å². The van der Waals surface area contributed by atoms with Crippen LogP contribution in [0.15, 0.2) is 18.2 Å². The summed E-state index contributed by atoms with van der Waals surface area (Å²) < 4.78 is 7.28. The van der Waals surface area contributed by atoms with E-state index in [0.29, 0.717) is 35.6 Å². The number of anilines is 1. The molecule has 21 heavy (non-hydrogen) atoms. The van der Waals surface area contributed by atoms with Crippen LogP contribution >= 0.6 is 11.6 Å². The van der Waals surface area contributed by atoms with Crippen LogP contribution in [0.5, 0.6) is 0 Å². The Morgan fingerprint density at radius 3 is 2.81 bits per heavy atom. The number of ether oxygens (including phenoxy) is 1. The van der Waals surface area contributed by atoms with Crippen molar-refractivity contribution in [2.45, 2.75) is 26.8 Å². The van der Waals surface area contributed by atoms with Gasteiger partial charge in [-0.2, -0.15) is 0 Å². The molecule has 0 amide bonds. The fraction of sp³-hybridized carbons (Fsp3) is 0.500. The predicted octanol–water partition coefficient (Wildman–Crippen LogP) is 2.64. The van der Waals surface area contributed by atoms with Crippen molar-refractivity contribution in [2.75, 3.05) is 18.9 Å². The molecule has 2 rings (SSSR count). The summed E-state index contributed by atoms with van der Waals surface area (Å²) in [4.78, 5) is 0. The highest BCUT2D eigenvalue weighted by Gasteiger charge is 2.10. The molecular formula is C14H20ClN5O. The van der Waals surface area contributed by atoms with Crippen LogP contribution in [0, 0.1) is 5.92 Å². The second-order valence-corrected chi connectivity index (χ2v) is 5.73. The second kappa shape index (κ2) is 7.38. The van der Waals surface area contributed by atoms with Gasteiger partial charge in [0, 0.05) is 22.9 Å². The van der Waals surface area contributed by atoms with Gasteiger partial charge in [0.2, 0.25) is 0 Å². The average molecular weight is 310 g/mol. The van der Waals surface area contributed by atoms with Gasteiger partial charge in [0.05, 0.1) is 13.2 Å². The van der Waals surface area contributed by atoms with E-state index < -0.39 is 0 Å². The number of benzene rings is 1. The summed E-state index contributed by atoms with van der Waals surface area (Å²) in [6.07, 6.45) is 1.05. The van der Waals surface area contributed by atoms with Crippen molar-refractivity contribution in [2.24, 2.45) is 5.92 Å². The summed E-state index contributed by atoms with van der Waals surface area (Å²) in [6.45, 7) is 6.26.